The van der Waals surface area contributed by atoms with Crippen LogP contribution in [-0.2, 0) is 17.3 Å². The van der Waals surface area contributed by atoms with Crippen molar-refractivity contribution in [3.05, 3.63) is 73.6 Å². The Kier molecular flexibility index (Phi) is 7.97. The highest BCUT2D eigenvalue weighted by Crippen LogP contribution is 2.40. The summed E-state index contributed by atoms with van der Waals surface area (Å²) in [7, 11) is 1.69. The van der Waals surface area contributed by atoms with Crippen LogP contribution in [0.3, 0.4) is 0 Å². The van der Waals surface area contributed by atoms with Gasteiger partial charge in [-0.2, -0.15) is 28.4 Å². The molecule has 5 rings (SSSR count). The lowest BCUT2D eigenvalue weighted by atomic mass is 9.96. The number of nitrogens with zero attached hydrogens (tertiary/aromatic N) is 5. The Hall–Kier alpha value is -3.64. The number of anilines is 1. The third-order valence-corrected chi connectivity index (χ3v) is 8.42. The molecule has 1 amide bonds. The zero-order chi connectivity index (χ0) is 30.4. The van der Waals surface area contributed by atoms with Crippen LogP contribution in [0.2, 0.25) is 5.02 Å². The number of benzene rings is 2. The number of ether oxygens (including phenoxy) is 1. The van der Waals surface area contributed by atoms with Crippen LogP contribution in [0.1, 0.15) is 48.8 Å². The quantitative estimate of drug-likeness (QED) is 0.414. The minimum atomic E-state index is -4.62. The van der Waals surface area contributed by atoms with Crippen LogP contribution in [0.25, 0.3) is 5.57 Å². The first-order valence-electron chi connectivity index (χ1n) is 13.2. The zero-order valence-corrected chi connectivity index (χ0v) is 24.9. The molecule has 8 nitrogen and oxygen atoms in total. The third-order valence-electron chi connectivity index (χ3n) is 7.02. The van der Waals surface area contributed by atoms with Gasteiger partial charge < -0.3 is 19.6 Å². The lowest BCUT2D eigenvalue weighted by Gasteiger charge is -2.28. The van der Waals surface area contributed by atoms with Crippen molar-refractivity contribution < 1.29 is 27.8 Å². The lowest BCUT2D eigenvalue weighted by molar-refractivity contribution is -0.138. The van der Waals surface area contributed by atoms with Gasteiger partial charge in [0.1, 0.15) is 5.60 Å². The number of aromatic nitrogens is 1. The first kappa shape index (κ1) is 29.8. The second-order valence-electron chi connectivity index (χ2n) is 11.2. The number of likely N-dealkylation sites (N-methyl/N-ethyl adjacent to an activating group) is 1. The lowest BCUT2D eigenvalue weighted by Crippen LogP contribution is -2.42. The van der Waals surface area contributed by atoms with Crippen LogP contribution in [0.4, 0.5) is 23.1 Å². The van der Waals surface area contributed by atoms with Crippen molar-refractivity contribution in [1.82, 2.24) is 9.88 Å². The van der Waals surface area contributed by atoms with Gasteiger partial charge in [-0.15, -0.1) is 0 Å². The van der Waals surface area contributed by atoms with Crippen molar-refractivity contribution in [1.29, 1.82) is 0 Å². The largest absolute Gasteiger partial charge is 0.492 e. The molecule has 1 N–H and O–H groups in total. The second-order valence-corrected chi connectivity index (χ2v) is 12.6. The number of halogens is 4. The van der Waals surface area contributed by atoms with Gasteiger partial charge in [0.25, 0.3) is 0 Å². The van der Waals surface area contributed by atoms with Crippen LogP contribution in [0, 0.1) is 0 Å². The van der Waals surface area contributed by atoms with Crippen molar-refractivity contribution in [2.75, 3.05) is 25.0 Å². The second kappa shape index (κ2) is 11.2. The molecule has 222 valence electrons. The van der Waals surface area contributed by atoms with Gasteiger partial charge in [0.05, 0.1) is 28.1 Å². The Bertz CT molecular complexity index is 1680. The predicted molar refractivity (Wildman–Crippen MR) is 156 cm³/mol. The Morgan fingerprint density at radius 1 is 1.21 bits per heavy atom. The molecular weight excluding hydrogens is 591 g/mol. The van der Waals surface area contributed by atoms with Gasteiger partial charge >= 0.3 is 12.3 Å². The van der Waals surface area contributed by atoms with Gasteiger partial charge in [-0.3, -0.25) is 0 Å². The Balaban J connectivity index is 1.51. The van der Waals surface area contributed by atoms with Crippen LogP contribution < -0.4 is 15.5 Å². The van der Waals surface area contributed by atoms with E-state index in [0.717, 1.165) is 6.07 Å². The van der Waals surface area contributed by atoms with Crippen LogP contribution in [0.15, 0.2) is 46.6 Å². The Morgan fingerprint density at radius 2 is 1.98 bits per heavy atom. The summed E-state index contributed by atoms with van der Waals surface area (Å²) in [4.78, 5) is 20.9. The first-order valence-corrected chi connectivity index (χ1v) is 14.4. The smallest absolute Gasteiger partial charge is 0.416 e. The Labute approximate surface area is 249 Å². The monoisotopic (exact) mass is 619 g/mol. The summed E-state index contributed by atoms with van der Waals surface area (Å²) in [5.41, 5.74) is -0.278. The molecule has 1 aromatic heterocycles. The number of carbonyl (C=O) groups is 1. The normalized spacial score (nSPS) is 17.2. The summed E-state index contributed by atoms with van der Waals surface area (Å²) < 4.78 is 47.5. The highest BCUT2D eigenvalue weighted by atomic mass is 35.5. The molecule has 1 saturated heterocycles. The molecule has 3 heterocycles. The van der Waals surface area contributed by atoms with Crippen LogP contribution >= 0.6 is 22.9 Å². The van der Waals surface area contributed by atoms with Crippen LogP contribution in [0.5, 0.6) is 5.88 Å². The molecule has 2 aliphatic heterocycles. The molecule has 0 radical (unpaired) electrons. The van der Waals surface area contributed by atoms with E-state index in [1.807, 2.05) is 4.90 Å². The molecule has 0 spiro atoms. The Morgan fingerprint density at radius 3 is 2.69 bits per heavy atom. The van der Waals surface area contributed by atoms with Crippen molar-refractivity contribution in [3.8, 4) is 5.88 Å². The molecule has 1 atom stereocenters. The zero-order valence-electron chi connectivity index (χ0n) is 23.4. The topological polar surface area (TPSA) is 90.6 Å². The molecule has 2 aromatic carbocycles. The third kappa shape index (κ3) is 6.39. The molecule has 0 aliphatic carbocycles. The fourth-order valence-electron chi connectivity index (χ4n) is 4.91. The fraction of sp³-hybridized carbons (Fsp3) is 0.379. The highest BCUT2D eigenvalue weighted by Gasteiger charge is 2.35. The van der Waals surface area contributed by atoms with E-state index in [1.54, 1.807) is 57.1 Å². The number of hydrogen-bond acceptors (Lipinski definition) is 8. The van der Waals surface area contributed by atoms with E-state index in [9.17, 15) is 23.1 Å². The minimum absolute atomic E-state index is 0.00956. The average molecular weight is 620 g/mol. The summed E-state index contributed by atoms with van der Waals surface area (Å²) in [6.45, 7) is 6.45. The first-order chi connectivity index (χ1) is 19.7. The van der Waals surface area contributed by atoms with Gasteiger partial charge in [-0.05, 0) is 67.8 Å². The number of alkyl halides is 3. The van der Waals surface area contributed by atoms with E-state index < -0.39 is 23.4 Å². The molecule has 1 unspecified atom stereocenters. The van der Waals surface area contributed by atoms with E-state index in [-0.39, 0.29) is 28.9 Å². The van der Waals surface area contributed by atoms with Gasteiger partial charge in [0, 0.05) is 37.1 Å². The van der Waals surface area contributed by atoms with Crippen LogP contribution in [-0.4, -0.2) is 59.1 Å². The minimum Gasteiger partial charge on any atom is -0.492 e. The number of thiazole rings is 1. The van der Waals surface area contributed by atoms with E-state index >= 15 is 0 Å². The maximum atomic E-state index is 14.0. The summed E-state index contributed by atoms with van der Waals surface area (Å²) in [5.74, 6) is -0.282. The molecule has 0 saturated carbocycles. The summed E-state index contributed by atoms with van der Waals surface area (Å²) >= 11 is 7.12. The molecule has 3 aromatic rings. The van der Waals surface area contributed by atoms with Gasteiger partial charge in [0.15, 0.2) is 5.13 Å². The maximum absolute atomic E-state index is 14.0. The SMILES string of the molecule is CN(C(=O)OC(C)(C)C)C1CCN(c2nc(O)c(C(Cc3ccc(Cl)cc3C(F)(F)F)=c3ccc4c(c3)C=NN=4)s2)C1. The number of amides is 1. The van der Waals surface area contributed by atoms with E-state index in [1.165, 1.54) is 23.5 Å². The van der Waals surface area contributed by atoms with Gasteiger partial charge in [0.2, 0.25) is 5.88 Å². The molecular formula is C29H29ClF3N5O3S. The van der Waals surface area contributed by atoms with Crippen molar-refractivity contribution >= 4 is 46.0 Å². The molecule has 13 heteroatoms. The highest BCUT2D eigenvalue weighted by molar-refractivity contribution is 7.17. The molecule has 42 heavy (non-hydrogen) atoms. The number of fused-ring (bicyclic) bond motifs is 1. The van der Waals surface area contributed by atoms with E-state index in [0.29, 0.717) is 51.2 Å². The van der Waals surface area contributed by atoms with E-state index in [2.05, 4.69) is 15.2 Å². The molecule has 2 aliphatic rings. The predicted octanol–water partition coefficient (Wildman–Crippen LogP) is 5.38. The number of aromatic hydroxyl groups is 1. The van der Waals surface area contributed by atoms with Gasteiger partial charge in [-0.25, -0.2) is 4.79 Å². The fourth-order valence-corrected chi connectivity index (χ4v) is 6.14. The summed E-state index contributed by atoms with van der Waals surface area (Å²) in [6.07, 6.45) is -2.96. The maximum Gasteiger partial charge on any atom is 0.416 e. The number of hydrogen-bond donors (Lipinski definition) is 1. The number of carbonyl (C=O) groups excluding carboxylic acids is 1. The molecule has 1 fully saturated rings. The van der Waals surface area contributed by atoms with Gasteiger partial charge in [-0.1, -0.05) is 35.1 Å². The summed E-state index contributed by atoms with van der Waals surface area (Å²) in [5, 5.41) is 20.7. The standard InChI is InChI=1S/C29H29ClF3N5O3S/c1-28(2,3)41-27(40)37(4)20-9-10-38(15-20)26-35-25(39)24(42-26)21(16-6-8-23-18(11-16)14-34-36-23)12-17-5-7-19(30)13-22(17)29(31,32)33/h5-8,11,13-14,20,39H,9-10,12,15H2,1-4H3. The van der Waals surface area contributed by atoms with Crippen molar-refractivity contribution in [3.63, 3.8) is 0 Å². The molecule has 0 bridgehead atoms. The van der Waals surface area contributed by atoms with E-state index in [4.69, 9.17) is 16.3 Å². The van der Waals surface area contributed by atoms with Crippen molar-refractivity contribution in [2.45, 2.75) is 51.4 Å². The summed E-state index contributed by atoms with van der Waals surface area (Å²) in [6, 6.07) is 8.81. The number of rotatable bonds is 5. The average Bonchev–Trinajstić information content (AvgIpc) is 3.65. The van der Waals surface area contributed by atoms with Crippen molar-refractivity contribution in [2.24, 2.45) is 10.2 Å².